The molecule has 1 amide bonds. The van der Waals surface area contributed by atoms with E-state index in [-0.39, 0.29) is 11.9 Å². The van der Waals surface area contributed by atoms with E-state index in [0.29, 0.717) is 5.75 Å². The number of para-hydroxylation sites is 1. The molecule has 0 radical (unpaired) electrons. The predicted octanol–water partition coefficient (Wildman–Crippen LogP) is 3.52. The second-order valence-electron chi connectivity index (χ2n) is 5.60. The summed E-state index contributed by atoms with van der Waals surface area (Å²) in [4.78, 5) is 12.2. The van der Waals surface area contributed by atoms with Crippen molar-refractivity contribution >= 4 is 23.4 Å². The maximum Gasteiger partial charge on any atom is 0.234 e. The van der Waals surface area contributed by atoms with Crippen LogP contribution in [-0.4, -0.2) is 26.4 Å². The Kier molecular flexibility index (Phi) is 5.24. The molecular formula is C16H22N4OS. The van der Waals surface area contributed by atoms with Gasteiger partial charge in [0.1, 0.15) is 5.82 Å². The summed E-state index contributed by atoms with van der Waals surface area (Å²) >= 11 is 1.41. The molecule has 0 bridgehead atoms. The molecule has 1 heterocycles. The number of thioether (sulfide) groups is 1. The first kappa shape index (κ1) is 16.5. The maximum atomic E-state index is 12.2. The van der Waals surface area contributed by atoms with Crippen molar-refractivity contribution in [3.8, 4) is 0 Å². The smallest absolute Gasteiger partial charge is 0.234 e. The molecule has 0 saturated heterocycles. The molecule has 0 fully saturated rings. The van der Waals surface area contributed by atoms with Gasteiger partial charge in [-0.15, -0.1) is 10.2 Å². The molecule has 22 heavy (non-hydrogen) atoms. The maximum absolute atomic E-state index is 12.2. The molecule has 1 N–H and O–H groups in total. The van der Waals surface area contributed by atoms with Crippen molar-refractivity contribution in [2.45, 2.75) is 45.8 Å². The van der Waals surface area contributed by atoms with Crippen molar-refractivity contribution < 1.29 is 4.79 Å². The minimum atomic E-state index is -0.0293. The van der Waals surface area contributed by atoms with Gasteiger partial charge in [-0.05, 0) is 45.7 Å². The largest absolute Gasteiger partial charge is 0.325 e. The fourth-order valence-electron chi connectivity index (χ4n) is 2.36. The third-order valence-electron chi connectivity index (χ3n) is 3.43. The van der Waals surface area contributed by atoms with E-state index >= 15 is 0 Å². The number of aryl methyl sites for hydroxylation is 3. The lowest BCUT2D eigenvalue weighted by Gasteiger charge is -2.13. The fraction of sp³-hybridized carbons (Fsp3) is 0.438. The van der Waals surface area contributed by atoms with E-state index in [1.54, 1.807) is 0 Å². The van der Waals surface area contributed by atoms with Gasteiger partial charge in [-0.3, -0.25) is 4.79 Å². The third kappa shape index (κ3) is 3.68. The predicted molar refractivity (Wildman–Crippen MR) is 90.4 cm³/mol. The Hall–Kier alpha value is -1.82. The van der Waals surface area contributed by atoms with Crippen LogP contribution in [0.5, 0.6) is 0 Å². The van der Waals surface area contributed by atoms with Gasteiger partial charge in [-0.2, -0.15) is 0 Å². The molecule has 5 nitrogen and oxygen atoms in total. The van der Waals surface area contributed by atoms with Crippen molar-refractivity contribution in [1.29, 1.82) is 0 Å². The number of aromatic nitrogens is 3. The van der Waals surface area contributed by atoms with Crippen LogP contribution >= 0.6 is 11.8 Å². The normalized spacial score (nSPS) is 11.0. The van der Waals surface area contributed by atoms with Gasteiger partial charge < -0.3 is 9.88 Å². The molecule has 118 valence electrons. The van der Waals surface area contributed by atoms with Gasteiger partial charge in [-0.25, -0.2) is 0 Å². The summed E-state index contributed by atoms with van der Waals surface area (Å²) in [6.45, 7) is 10.1. The number of anilines is 1. The van der Waals surface area contributed by atoms with E-state index in [9.17, 15) is 4.79 Å². The average Bonchev–Trinajstić information content (AvgIpc) is 2.82. The van der Waals surface area contributed by atoms with Gasteiger partial charge in [0.15, 0.2) is 5.16 Å². The van der Waals surface area contributed by atoms with Crippen LogP contribution in [-0.2, 0) is 4.79 Å². The van der Waals surface area contributed by atoms with Crippen LogP contribution in [0.25, 0.3) is 0 Å². The molecule has 0 unspecified atom stereocenters. The van der Waals surface area contributed by atoms with Crippen LogP contribution in [0.1, 0.15) is 36.8 Å². The second kappa shape index (κ2) is 6.96. The van der Waals surface area contributed by atoms with E-state index in [0.717, 1.165) is 27.8 Å². The highest BCUT2D eigenvalue weighted by molar-refractivity contribution is 7.99. The van der Waals surface area contributed by atoms with E-state index < -0.39 is 0 Å². The number of hydrogen-bond donors (Lipinski definition) is 1. The topological polar surface area (TPSA) is 59.8 Å². The molecule has 2 aromatic rings. The summed E-state index contributed by atoms with van der Waals surface area (Å²) in [5.41, 5.74) is 3.04. The lowest BCUT2D eigenvalue weighted by Crippen LogP contribution is -2.16. The van der Waals surface area contributed by atoms with Crippen LogP contribution < -0.4 is 5.32 Å². The molecule has 0 aliphatic heterocycles. The Morgan fingerprint density at radius 3 is 2.45 bits per heavy atom. The van der Waals surface area contributed by atoms with E-state index in [1.165, 1.54) is 11.8 Å². The molecule has 0 aliphatic carbocycles. The van der Waals surface area contributed by atoms with Crippen LogP contribution in [0.15, 0.2) is 23.4 Å². The molecule has 0 aliphatic rings. The van der Waals surface area contributed by atoms with Crippen molar-refractivity contribution in [3.05, 3.63) is 35.2 Å². The van der Waals surface area contributed by atoms with Crippen LogP contribution in [0.3, 0.4) is 0 Å². The summed E-state index contributed by atoms with van der Waals surface area (Å²) in [7, 11) is 0. The van der Waals surface area contributed by atoms with Crippen molar-refractivity contribution in [1.82, 2.24) is 14.8 Å². The summed E-state index contributed by atoms with van der Waals surface area (Å²) in [6, 6.07) is 6.26. The lowest BCUT2D eigenvalue weighted by molar-refractivity contribution is -0.113. The number of rotatable bonds is 5. The van der Waals surface area contributed by atoms with Gasteiger partial charge in [-0.1, -0.05) is 30.0 Å². The number of nitrogens with one attached hydrogen (secondary N) is 1. The molecule has 6 heteroatoms. The standard InChI is InChI=1S/C16H22N4OS/c1-10(2)20-13(5)18-19-16(20)22-9-14(21)17-15-11(3)7-6-8-12(15)4/h6-8,10H,9H2,1-5H3,(H,17,21). The first-order valence-corrected chi connectivity index (χ1v) is 8.29. The van der Waals surface area contributed by atoms with Gasteiger partial charge in [0.2, 0.25) is 5.91 Å². The Labute approximate surface area is 135 Å². The zero-order valence-corrected chi connectivity index (χ0v) is 14.5. The highest BCUT2D eigenvalue weighted by Crippen LogP contribution is 2.23. The highest BCUT2D eigenvalue weighted by Gasteiger charge is 2.14. The van der Waals surface area contributed by atoms with Crippen molar-refractivity contribution in [3.63, 3.8) is 0 Å². The SMILES string of the molecule is Cc1cccc(C)c1NC(=O)CSc1nnc(C)n1C(C)C. The number of carbonyl (C=O) groups is 1. The molecule has 0 spiro atoms. The minimum Gasteiger partial charge on any atom is -0.325 e. The first-order chi connectivity index (χ1) is 10.4. The molecule has 0 saturated carbocycles. The number of benzene rings is 1. The lowest BCUT2D eigenvalue weighted by atomic mass is 10.1. The summed E-state index contributed by atoms with van der Waals surface area (Å²) in [6.07, 6.45) is 0. The molecule has 1 aromatic carbocycles. The Morgan fingerprint density at radius 2 is 1.86 bits per heavy atom. The minimum absolute atomic E-state index is 0.0293. The molecule has 1 aromatic heterocycles. The Balaban J connectivity index is 2.02. The summed E-state index contributed by atoms with van der Waals surface area (Å²) in [5, 5.41) is 12.0. The number of nitrogens with zero attached hydrogens (tertiary/aromatic N) is 3. The van der Waals surface area contributed by atoms with Gasteiger partial charge >= 0.3 is 0 Å². The number of carbonyl (C=O) groups excluding carboxylic acids is 1. The molecule has 2 rings (SSSR count). The second-order valence-corrected chi connectivity index (χ2v) is 6.54. The average molecular weight is 318 g/mol. The van der Waals surface area contributed by atoms with Gasteiger partial charge in [0.05, 0.1) is 5.75 Å². The molecular weight excluding hydrogens is 296 g/mol. The van der Waals surface area contributed by atoms with Crippen LogP contribution in [0.2, 0.25) is 0 Å². The van der Waals surface area contributed by atoms with Gasteiger partial charge in [0, 0.05) is 11.7 Å². The van der Waals surface area contributed by atoms with Crippen LogP contribution in [0.4, 0.5) is 5.69 Å². The summed E-state index contributed by atoms with van der Waals surface area (Å²) in [5.74, 6) is 1.16. The molecule has 0 atom stereocenters. The third-order valence-corrected chi connectivity index (χ3v) is 4.37. The van der Waals surface area contributed by atoms with E-state index in [4.69, 9.17) is 0 Å². The fourth-order valence-corrected chi connectivity index (χ4v) is 3.27. The first-order valence-electron chi connectivity index (χ1n) is 7.30. The Bertz CT molecular complexity index is 659. The Morgan fingerprint density at radius 1 is 1.23 bits per heavy atom. The quantitative estimate of drug-likeness (QED) is 0.857. The van der Waals surface area contributed by atoms with Crippen molar-refractivity contribution in [2.24, 2.45) is 0 Å². The zero-order chi connectivity index (χ0) is 16.3. The number of hydrogen-bond acceptors (Lipinski definition) is 4. The zero-order valence-electron chi connectivity index (χ0n) is 13.7. The van der Waals surface area contributed by atoms with Crippen molar-refractivity contribution in [2.75, 3.05) is 11.1 Å². The summed E-state index contributed by atoms with van der Waals surface area (Å²) < 4.78 is 2.04. The van der Waals surface area contributed by atoms with Crippen LogP contribution in [0, 0.1) is 20.8 Å². The highest BCUT2D eigenvalue weighted by atomic mass is 32.2. The number of amides is 1. The van der Waals surface area contributed by atoms with E-state index in [1.807, 2.05) is 43.5 Å². The van der Waals surface area contributed by atoms with Gasteiger partial charge in [0.25, 0.3) is 0 Å². The van der Waals surface area contributed by atoms with E-state index in [2.05, 4.69) is 29.4 Å². The monoisotopic (exact) mass is 318 g/mol.